The fraction of sp³-hybridized carbons (Fsp3) is 0.417. The first-order valence-corrected chi connectivity index (χ1v) is 6.56. The van der Waals surface area contributed by atoms with Crippen molar-refractivity contribution in [3.63, 3.8) is 0 Å². The highest BCUT2D eigenvalue weighted by Crippen LogP contribution is 2.31. The molecule has 2 atom stereocenters. The molecule has 0 aromatic heterocycles. The first-order chi connectivity index (χ1) is 8.34. The van der Waals surface area contributed by atoms with Crippen LogP contribution in [0.5, 0.6) is 0 Å². The van der Waals surface area contributed by atoms with Gasteiger partial charge in [0, 0.05) is 0 Å². The molecule has 6 heteroatoms. The van der Waals surface area contributed by atoms with Gasteiger partial charge in [0.05, 0.1) is 11.8 Å². The fourth-order valence-electron chi connectivity index (χ4n) is 1.30. The summed E-state index contributed by atoms with van der Waals surface area (Å²) in [5.41, 5.74) is 0.830. The van der Waals surface area contributed by atoms with E-state index in [1.54, 1.807) is 0 Å². The summed E-state index contributed by atoms with van der Waals surface area (Å²) in [6.45, 7) is 1.54. The maximum absolute atomic E-state index is 11.7. The van der Waals surface area contributed by atoms with Crippen LogP contribution >= 0.6 is 34.8 Å². The van der Waals surface area contributed by atoms with Crippen LogP contribution in [0.3, 0.4) is 0 Å². The average molecular weight is 311 g/mol. The molecule has 1 aromatic carbocycles. The molecule has 2 unspecified atom stereocenters. The number of hydrogen-bond acceptors (Lipinski definition) is 2. The molecule has 1 rings (SSSR count). The third-order valence-corrected chi connectivity index (χ3v) is 4.04. The molecule has 0 bridgehead atoms. The molecule has 0 heterocycles. The summed E-state index contributed by atoms with van der Waals surface area (Å²) >= 11 is 17.4. The Balaban J connectivity index is 2.55. The number of halogens is 3. The van der Waals surface area contributed by atoms with Gasteiger partial charge in [-0.05, 0) is 12.5 Å². The Labute approximate surface area is 121 Å². The molecule has 0 fully saturated rings. The zero-order chi connectivity index (χ0) is 13.8. The first kappa shape index (κ1) is 15.6. The first-order valence-electron chi connectivity index (χ1n) is 5.37. The van der Waals surface area contributed by atoms with Crippen LogP contribution in [0.15, 0.2) is 30.3 Å². The lowest BCUT2D eigenvalue weighted by Gasteiger charge is -2.28. The van der Waals surface area contributed by atoms with Gasteiger partial charge >= 0.3 is 0 Å². The molecule has 0 aliphatic carbocycles. The number of aliphatic hydroxyl groups excluding tert-OH is 1. The maximum atomic E-state index is 11.7. The monoisotopic (exact) mass is 309 g/mol. The number of amides is 1. The number of benzene rings is 1. The third-order valence-electron chi connectivity index (χ3n) is 2.40. The zero-order valence-corrected chi connectivity index (χ0v) is 12.0. The molecular weight excluding hydrogens is 296 g/mol. The van der Waals surface area contributed by atoms with E-state index < -0.39 is 15.9 Å². The van der Waals surface area contributed by atoms with Gasteiger partial charge < -0.3 is 10.4 Å². The highest BCUT2D eigenvalue weighted by atomic mass is 35.5. The van der Waals surface area contributed by atoms with Gasteiger partial charge in [0.1, 0.15) is 0 Å². The summed E-state index contributed by atoms with van der Waals surface area (Å²) in [4.78, 5) is 11.7. The number of aliphatic hydroxyl groups is 1. The van der Waals surface area contributed by atoms with Crippen LogP contribution < -0.4 is 5.32 Å². The van der Waals surface area contributed by atoms with Crippen LogP contribution in [0.2, 0.25) is 0 Å². The van der Waals surface area contributed by atoms with Gasteiger partial charge in [-0.15, -0.1) is 11.6 Å². The van der Waals surface area contributed by atoms with Crippen molar-refractivity contribution in [1.29, 1.82) is 0 Å². The predicted molar refractivity (Wildman–Crippen MR) is 74.0 cm³/mol. The Morgan fingerprint density at radius 2 is 1.94 bits per heavy atom. The maximum Gasteiger partial charge on any atom is 0.226 e. The zero-order valence-electron chi connectivity index (χ0n) is 9.74. The summed E-state index contributed by atoms with van der Waals surface area (Å²) in [5.74, 6) is -0.378. The molecule has 100 valence electrons. The van der Waals surface area contributed by atoms with Gasteiger partial charge in [-0.1, -0.05) is 53.5 Å². The summed E-state index contributed by atoms with van der Waals surface area (Å²) in [7, 11) is 0. The normalized spacial score (nSPS) is 14.9. The second-order valence-electron chi connectivity index (χ2n) is 3.92. The quantitative estimate of drug-likeness (QED) is 0.648. The number of rotatable bonds is 5. The molecule has 3 nitrogen and oxygen atoms in total. The van der Waals surface area contributed by atoms with E-state index in [4.69, 9.17) is 34.8 Å². The van der Waals surface area contributed by atoms with E-state index in [0.717, 1.165) is 5.56 Å². The minimum Gasteiger partial charge on any atom is -0.370 e. The van der Waals surface area contributed by atoms with E-state index in [0.29, 0.717) is 0 Å². The smallest absolute Gasteiger partial charge is 0.226 e. The lowest BCUT2D eigenvalue weighted by molar-refractivity contribution is -0.123. The van der Waals surface area contributed by atoms with Crippen molar-refractivity contribution in [2.24, 2.45) is 0 Å². The summed E-state index contributed by atoms with van der Waals surface area (Å²) < 4.78 is -1.63. The van der Waals surface area contributed by atoms with Crippen molar-refractivity contribution in [3.8, 4) is 0 Å². The molecule has 0 saturated carbocycles. The second kappa shape index (κ2) is 6.62. The number of hydrogen-bond donors (Lipinski definition) is 2. The SMILES string of the molecule is CC(Cl)C(Cl)(Cl)C(O)NC(=O)Cc1ccccc1. The van der Waals surface area contributed by atoms with E-state index in [1.807, 2.05) is 30.3 Å². The van der Waals surface area contributed by atoms with E-state index in [1.165, 1.54) is 6.92 Å². The van der Waals surface area contributed by atoms with Gasteiger partial charge in [0.25, 0.3) is 0 Å². The Bertz CT molecular complexity index is 396. The van der Waals surface area contributed by atoms with Crippen LogP contribution in [0.1, 0.15) is 12.5 Å². The van der Waals surface area contributed by atoms with Gasteiger partial charge in [-0.25, -0.2) is 0 Å². The number of carbonyl (C=O) groups excluding carboxylic acids is 1. The standard InChI is InChI=1S/C12H14Cl3NO2/c1-8(13)12(14,15)11(18)16-10(17)7-9-5-3-2-4-6-9/h2-6,8,11,18H,7H2,1H3,(H,16,17). The second-order valence-corrected chi connectivity index (χ2v) is 6.02. The van der Waals surface area contributed by atoms with Crippen LogP contribution in [-0.4, -0.2) is 27.0 Å². The van der Waals surface area contributed by atoms with Crippen LogP contribution in [-0.2, 0) is 11.2 Å². The van der Waals surface area contributed by atoms with Crippen molar-refractivity contribution in [3.05, 3.63) is 35.9 Å². The predicted octanol–water partition coefficient (Wildman–Crippen LogP) is 2.46. The highest BCUT2D eigenvalue weighted by molar-refractivity contribution is 6.52. The van der Waals surface area contributed by atoms with Crippen LogP contribution in [0.25, 0.3) is 0 Å². The summed E-state index contributed by atoms with van der Waals surface area (Å²) in [6, 6.07) is 9.13. The average Bonchev–Trinajstić information content (AvgIpc) is 2.29. The lowest BCUT2D eigenvalue weighted by atomic mass is 10.1. The van der Waals surface area contributed by atoms with E-state index in [2.05, 4.69) is 5.32 Å². The molecule has 0 aliphatic heterocycles. The number of alkyl halides is 3. The van der Waals surface area contributed by atoms with Gasteiger partial charge in [0.15, 0.2) is 10.6 Å². The van der Waals surface area contributed by atoms with Gasteiger partial charge in [0.2, 0.25) is 5.91 Å². The van der Waals surface area contributed by atoms with Crippen LogP contribution in [0.4, 0.5) is 0 Å². The largest absolute Gasteiger partial charge is 0.370 e. The topological polar surface area (TPSA) is 49.3 Å². The fourth-order valence-corrected chi connectivity index (χ4v) is 1.53. The van der Waals surface area contributed by atoms with Crippen molar-refractivity contribution in [2.75, 3.05) is 0 Å². The van der Waals surface area contributed by atoms with E-state index in [-0.39, 0.29) is 12.3 Å². The van der Waals surface area contributed by atoms with Crippen molar-refractivity contribution in [2.45, 2.75) is 29.3 Å². The molecular formula is C12H14Cl3NO2. The lowest BCUT2D eigenvalue weighted by Crippen LogP contribution is -2.50. The third kappa shape index (κ3) is 4.32. The molecule has 1 amide bonds. The molecule has 0 saturated heterocycles. The van der Waals surface area contributed by atoms with Crippen molar-refractivity contribution >= 4 is 40.7 Å². The minimum atomic E-state index is -1.63. The Morgan fingerprint density at radius 1 is 1.39 bits per heavy atom. The van der Waals surface area contributed by atoms with Crippen molar-refractivity contribution < 1.29 is 9.90 Å². The Morgan fingerprint density at radius 3 is 2.44 bits per heavy atom. The van der Waals surface area contributed by atoms with E-state index >= 15 is 0 Å². The summed E-state index contributed by atoms with van der Waals surface area (Å²) in [5, 5.41) is 11.3. The Hall–Kier alpha value is -0.480. The molecule has 1 aromatic rings. The molecule has 0 spiro atoms. The van der Waals surface area contributed by atoms with Gasteiger partial charge in [-0.2, -0.15) is 0 Å². The Kier molecular flexibility index (Phi) is 5.73. The van der Waals surface area contributed by atoms with Gasteiger partial charge in [-0.3, -0.25) is 4.79 Å². The van der Waals surface area contributed by atoms with E-state index in [9.17, 15) is 9.90 Å². The number of nitrogens with one attached hydrogen (secondary N) is 1. The molecule has 2 N–H and O–H groups in total. The summed E-state index contributed by atoms with van der Waals surface area (Å²) in [6.07, 6.45) is -1.29. The van der Waals surface area contributed by atoms with Crippen molar-refractivity contribution in [1.82, 2.24) is 5.32 Å². The van der Waals surface area contributed by atoms with Crippen LogP contribution in [0, 0.1) is 0 Å². The molecule has 18 heavy (non-hydrogen) atoms. The number of carbonyl (C=O) groups is 1. The molecule has 0 radical (unpaired) electrons. The minimum absolute atomic E-state index is 0.137. The molecule has 0 aliphatic rings. The highest BCUT2D eigenvalue weighted by Gasteiger charge is 2.39.